The highest BCUT2D eigenvalue weighted by Crippen LogP contribution is 2.46. The Bertz CT molecular complexity index is 763. The minimum Gasteiger partial charge on any atom is -0.464 e. The van der Waals surface area contributed by atoms with Gasteiger partial charge in [0.2, 0.25) is 12.7 Å². The molecule has 0 aromatic carbocycles. The number of hydrogen-bond donors (Lipinski definition) is 0. The topological polar surface area (TPSA) is 133 Å². The number of rotatable bonds is 9. The van der Waals surface area contributed by atoms with Gasteiger partial charge in [0, 0.05) is 13.3 Å². The lowest BCUT2D eigenvalue weighted by Gasteiger charge is -2.36. The van der Waals surface area contributed by atoms with E-state index in [0.29, 0.717) is 6.42 Å². The van der Waals surface area contributed by atoms with E-state index in [1.165, 1.54) is 6.92 Å². The Morgan fingerprint density at radius 1 is 1.18 bits per heavy atom. The monoisotopic (exact) mass is 419 g/mol. The number of β-lactam (4-membered cyclic amide) rings is 1. The Labute approximate surface area is 163 Å². The number of esters is 3. The van der Waals surface area contributed by atoms with Crippen molar-refractivity contribution in [2.75, 3.05) is 13.4 Å². The van der Waals surface area contributed by atoms with Gasteiger partial charge in [0.1, 0.15) is 16.7 Å². The molecule has 0 radical (unpaired) electrons. The fourth-order valence-corrected chi connectivity index (χ4v) is 5.59. The van der Waals surface area contributed by atoms with E-state index in [0.717, 1.165) is 24.7 Å². The van der Waals surface area contributed by atoms with Crippen LogP contribution >= 0.6 is 0 Å². The van der Waals surface area contributed by atoms with Gasteiger partial charge in [-0.15, -0.1) is 0 Å². The SMILES string of the molecule is CCCCCC(=O)OCOC(=O)[C@@H]1N2C(=O)C[C@H]2S(=O)(=O)[C@@]1(C)COC(C)=O. The van der Waals surface area contributed by atoms with E-state index >= 15 is 0 Å². The van der Waals surface area contributed by atoms with E-state index < -0.39 is 63.2 Å². The van der Waals surface area contributed by atoms with Crippen LogP contribution in [-0.2, 0) is 43.2 Å². The summed E-state index contributed by atoms with van der Waals surface area (Å²) in [7, 11) is -3.99. The lowest BCUT2D eigenvalue weighted by Crippen LogP contribution is -2.58. The van der Waals surface area contributed by atoms with Crippen LogP contribution in [0, 0.1) is 0 Å². The maximum absolute atomic E-state index is 12.8. The molecular weight excluding hydrogens is 394 g/mol. The summed E-state index contributed by atoms with van der Waals surface area (Å²) in [5, 5.41) is -1.16. The number of hydrogen-bond acceptors (Lipinski definition) is 9. The van der Waals surface area contributed by atoms with Crippen LogP contribution in [0.1, 0.15) is 52.9 Å². The number of ether oxygens (including phenoxy) is 3. The van der Waals surface area contributed by atoms with Crippen molar-refractivity contribution in [3.63, 3.8) is 0 Å². The maximum Gasteiger partial charge on any atom is 0.333 e. The number of sulfone groups is 1. The Kier molecular flexibility index (Phi) is 6.68. The van der Waals surface area contributed by atoms with E-state index in [1.807, 2.05) is 6.92 Å². The van der Waals surface area contributed by atoms with Gasteiger partial charge in [-0.2, -0.15) is 0 Å². The molecule has 0 unspecified atom stereocenters. The van der Waals surface area contributed by atoms with Crippen molar-refractivity contribution in [3.8, 4) is 0 Å². The van der Waals surface area contributed by atoms with Crippen molar-refractivity contribution in [1.29, 1.82) is 0 Å². The molecule has 10 nitrogen and oxygen atoms in total. The predicted molar refractivity (Wildman–Crippen MR) is 94.2 cm³/mol. The second-order valence-corrected chi connectivity index (χ2v) is 9.62. The molecule has 0 aromatic heterocycles. The summed E-state index contributed by atoms with van der Waals surface area (Å²) < 4.78 is 38.3. The molecule has 0 saturated carbocycles. The fraction of sp³-hybridized carbons (Fsp3) is 0.765. The molecule has 2 rings (SSSR count). The Morgan fingerprint density at radius 2 is 1.86 bits per heavy atom. The molecule has 0 bridgehead atoms. The predicted octanol–water partition coefficient (Wildman–Crippen LogP) is 0.288. The molecule has 1 amide bonds. The van der Waals surface area contributed by atoms with Gasteiger partial charge < -0.3 is 19.1 Å². The van der Waals surface area contributed by atoms with Crippen LogP contribution in [0.25, 0.3) is 0 Å². The van der Waals surface area contributed by atoms with Crippen LogP contribution in [-0.4, -0.2) is 66.7 Å². The third-order valence-corrected chi connectivity index (χ3v) is 7.75. The van der Waals surface area contributed by atoms with Gasteiger partial charge in [0.15, 0.2) is 15.9 Å². The Balaban J connectivity index is 2.07. The second-order valence-electron chi connectivity index (χ2n) is 7.05. The molecule has 2 aliphatic heterocycles. The highest BCUT2D eigenvalue weighted by atomic mass is 32.2. The first-order valence-corrected chi connectivity index (χ1v) is 10.6. The minimum absolute atomic E-state index is 0.181. The first-order valence-electron chi connectivity index (χ1n) is 9.06. The van der Waals surface area contributed by atoms with Crippen LogP contribution in [0.3, 0.4) is 0 Å². The molecule has 0 N–H and O–H groups in total. The molecule has 158 valence electrons. The van der Waals surface area contributed by atoms with Gasteiger partial charge >= 0.3 is 17.9 Å². The molecule has 2 heterocycles. The summed E-state index contributed by atoms with van der Waals surface area (Å²) in [6, 6.07) is -1.48. The zero-order valence-electron chi connectivity index (χ0n) is 16.1. The van der Waals surface area contributed by atoms with E-state index in [9.17, 15) is 27.6 Å². The summed E-state index contributed by atoms with van der Waals surface area (Å²) >= 11 is 0. The van der Waals surface area contributed by atoms with Gasteiger partial charge in [-0.3, -0.25) is 14.4 Å². The van der Waals surface area contributed by atoms with Gasteiger partial charge in [0.05, 0.1) is 6.42 Å². The first-order chi connectivity index (χ1) is 13.1. The molecule has 28 heavy (non-hydrogen) atoms. The van der Waals surface area contributed by atoms with E-state index in [1.54, 1.807) is 0 Å². The van der Waals surface area contributed by atoms with Crippen LogP contribution in [0.4, 0.5) is 0 Å². The molecule has 0 spiro atoms. The number of unbranched alkanes of at least 4 members (excludes halogenated alkanes) is 2. The average Bonchev–Trinajstić information content (AvgIpc) is 2.75. The molecule has 0 aromatic rings. The summed E-state index contributed by atoms with van der Waals surface area (Å²) in [5.41, 5.74) is 0. The summed E-state index contributed by atoms with van der Waals surface area (Å²) in [6.45, 7) is 3.05. The molecule has 0 aliphatic carbocycles. The maximum atomic E-state index is 12.8. The zero-order chi connectivity index (χ0) is 21.1. The Hall–Kier alpha value is -2.17. The van der Waals surface area contributed by atoms with Crippen LogP contribution in [0.15, 0.2) is 0 Å². The standard InChI is InChI=1S/C17H25NO9S/c1-4-5-6-7-14(21)26-10-27-16(22)15-17(3,9-25-11(2)19)28(23,24)13-8-12(20)18(13)15/h13,15H,4-10H2,1-3H3/t13-,15+,17+/m1/s1. The van der Waals surface area contributed by atoms with Gasteiger partial charge in [0.25, 0.3) is 0 Å². The normalized spacial score (nSPS) is 27.5. The van der Waals surface area contributed by atoms with Crippen LogP contribution in [0.5, 0.6) is 0 Å². The van der Waals surface area contributed by atoms with Gasteiger partial charge in [-0.05, 0) is 13.3 Å². The van der Waals surface area contributed by atoms with E-state index in [-0.39, 0.29) is 12.8 Å². The van der Waals surface area contributed by atoms with Gasteiger partial charge in [-0.25, -0.2) is 13.2 Å². The largest absolute Gasteiger partial charge is 0.464 e. The summed E-state index contributed by atoms with van der Waals surface area (Å²) in [4.78, 5) is 48.2. The van der Waals surface area contributed by atoms with E-state index in [2.05, 4.69) is 0 Å². The van der Waals surface area contributed by atoms with Crippen LogP contribution in [0.2, 0.25) is 0 Å². The molecule has 3 atom stereocenters. The van der Waals surface area contributed by atoms with E-state index in [4.69, 9.17) is 14.2 Å². The van der Waals surface area contributed by atoms with Crippen molar-refractivity contribution >= 4 is 33.7 Å². The fourth-order valence-electron chi connectivity index (χ4n) is 3.32. The second kappa shape index (κ2) is 8.46. The van der Waals surface area contributed by atoms with Crippen molar-refractivity contribution in [2.24, 2.45) is 0 Å². The van der Waals surface area contributed by atoms with Crippen molar-refractivity contribution in [2.45, 2.75) is 69.0 Å². The minimum atomic E-state index is -3.99. The first kappa shape index (κ1) is 22.1. The lowest BCUT2D eigenvalue weighted by atomic mass is 9.97. The molecule has 2 saturated heterocycles. The molecule has 11 heteroatoms. The van der Waals surface area contributed by atoms with Crippen molar-refractivity contribution in [1.82, 2.24) is 4.90 Å². The number of nitrogens with zero attached hydrogens (tertiary/aromatic N) is 1. The summed E-state index contributed by atoms with van der Waals surface area (Å²) in [5.74, 6) is -2.81. The number of amides is 1. The van der Waals surface area contributed by atoms with Crippen LogP contribution < -0.4 is 0 Å². The smallest absolute Gasteiger partial charge is 0.333 e. The lowest BCUT2D eigenvalue weighted by molar-refractivity contribution is -0.176. The highest BCUT2D eigenvalue weighted by molar-refractivity contribution is 7.94. The van der Waals surface area contributed by atoms with Gasteiger partial charge in [-0.1, -0.05) is 19.8 Å². The summed E-state index contributed by atoms with van der Waals surface area (Å²) in [6.07, 6.45) is 2.38. The quantitative estimate of drug-likeness (QED) is 0.224. The number of carbonyl (C=O) groups excluding carboxylic acids is 4. The van der Waals surface area contributed by atoms with Crippen molar-refractivity contribution in [3.05, 3.63) is 0 Å². The third kappa shape index (κ3) is 3.98. The van der Waals surface area contributed by atoms with Crippen molar-refractivity contribution < 1.29 is 41.8 Å². The highest BCUT2D eigenvalue weighted by Gasteiger charge is 2.70. The third-order valence-electron chi connectivity index (χ3n) is 5.00. The zero-order valence-corrected chi connectivity index (χ0v) is 17.0. The Morgan fingerprint density at radius 3 is 2.43 bits per heavy atom. The molecule has 2 aliphatic rings. The average molecular weight is 419 g/mol. The molecule has 2 fully saturated rings. The number of fused-ring (bicyclic) bond motifs is 1. The molecular formula is C17H25NO9S. The number of carbonyl (C=O) groups is 4.